The van der Waals surface area contributed by atoms with Crippen LogP contribution in [0.1, 0.15) is 71.1 Å². The highest BCUT2D eigenvalue weighted by molar-refractivity contribution is 5.53. The first kappa shape index (κ1) is 20.9. The van der Waals surface area contributed by atoms with Crippen LogP contribution in [0, 0.1) is 20.2 Å². The number of hydrogen-bond acceptors (Lipinski definition) is 5. The van der Waals surface area contributed by atoms with Gasteiger partial charge in [-0.3, -0.25) is 20.2 Å². The monoisotopic (exact) mass is 352 g/mol. The SMILES string of the molecule is CCCCCCCCCCCCOc1ccc([N+](=O)[O-])cc1[N+](=O)[O-]. The summed E-state index contributed by atoms with van der Waals surface area (Å²) in [6.45, 7) is 2.60. The number of non-ortho nitro benzene ring substituents is 1. The molecule has 0 amide bonds. The second-order valence-electron chi connectivity index (χ2n) is 6.20. The third kappa shape index (κ3) is 8.47. The Morgan fingerprint density at radius 3 is 1.92 bits per heavy atom. The molecule has 0 N–H and O–H groups in total. The summed E-state index contributed by atoms with van der Waals surface area (Å²) in [5, 5.41) is 21.7. The fraction of sp³-hybridized carbons (Fsp3) is 0.667. The molecule has 0 unspecified atom stereocenters. The maximum Gasteiger partial charge on any atom is 0.317 e. The van der Waals surface area contributed by atoms with E-state index in [-0.39, 0.29) is 17.1 Å². The van der Waals surface area contributed by atoms with E-state index >= 15 is 0 Å². The van der Waals surface area contributed by atoms with E-state index in [9.17, 15) is 20.2 Å². The van der Waals surface area contributed by atoms with E-state index in [0.717, 1.165) is 25.3 Å². The lowest BCUT2D eigenvalue weighted by Crippen LogP contribution is -2.01. The minimum atomic E-state index is -0.654. The molecule has 0 bridgehead atoms. The zero-order valence-corrected chi connectivity index (χ0v) is 14.9. The van der Waals surface area contributed by atoms with Gasteiger partial charge in [0.15, 0.2) is 5.75 Å². The first-order valence-corrected chi connectivity index (χ1v) is 9.12. The van der Waals surface area contributed by atoms with Crippen molar-refractivity contribution in [3.05, 3.63) is 38.4 Å². The Kier molecular flexibility index (Phi) is 10.2. The van der Waals surface area contributed by atoms with Crippen LogP contribution in [0.15, 0.2) is 18.2 Å². The molecule has 0 saturated carbocycles. The molecule has 0 radical (unpaired) electrons. The zero-order chi connectivity index (χ0) is 18.5. The summed E-state index contributed by atoms with van der Waals surface area (Å²) in [4.78, 5) is 20.4. The van der Waals surface area contributed by atoms with E-state index in [1.165, 1.54) is 57.1 Å². The molecular formula is C18H28N2O5. The standard InChI is InChI=1S/C18H28N2O5/c1-2-3-4-5-6-7-8-9-10-11-14-25-18-13-12-16(19(21)22)15-17(18)20(23)24/h12-13,15H,2-11,14H2,1H3. The lowest BCUT2D eigenvalue weighted by Gasteiger charge is -2.07. The maximum absolute atomic E-state index is 11.0. The number of nitro groups is 2. The summed E-state index contributed by atoms with van der Waals surface area (Å²) in [5.74, 6) is 0.0894. The molecule has 7 heteroatoms. The molecule has 0 heterocycles. The minimum absolute atomic E-state index is 0.0894. The molecule has 140 valence electrons. The van der Waals surface area contributed by atoms with Gasteiger partial charge in [-0.05, 0) is 12.5 Å². The zero-order valence-electron chi connectivity index (χ0n) is 14.9. The Hall–Kier alpha value is -2.18. The summed E-state index contributed by atoms with van der Waals surface area (Å²) >= 11 is 0. The van der Waals surface area contributed by atoms with Gasteiger partial charge in [-0.2, -0.15) is 0 Å². The van der Waals surface area contributed by atoms with E-state index in [0.29, 0.717) is 6.61 Å². The van der Waals surface area contributed by atoms with Crippen molar-refractivity contribution >= 4 is 11.4 Å². The Balaban J connectivity index is 2.21. The fourth-order valence-corrected chi connectivity index (χ4v) is 2.66. The second kappa shape index (κ2) is 12.2. The molecule has 0 aliphatic rings. The van der Waals surface area contributed by atoms with Gasteiger partial charge in [-0.25, -0.2) is 0 Å². The lowest BCUT2D eigenvalue weighted by molar-refractivity contribution is -0.394. The van der Waals surface area contributed by atoms with Gasteiger partial charge in [0.2, 0.25) is 0 Å². The van der Waals surface area contributed by atoms with Crippen LogP contribution in [0.25, 0.3) is 0 Å². The molecule has 1 rings (SSSR count). The third-order valence-electron chi connectivity index (χ3n) is 4.11. The number of unbranched alkanes of at least 4 members (excludes halogenated alkanes) is 9. The van der Waals surface area contributed by atoms with Gasteiger partial charge in [0.05, 0.1) is 22.5 Å². The topological polar surface area (TPSA) is 95.5 Å². The number of nitro benzene ring substituents is 2. The Labute approximate surface area is 148 Å². The van der Waals surface area contributed by atoms with E-state index in [1.54, 1.807) is 0 Å². The number of benzene rings is 1. The highest BCUT2D eigenvalue weighted by atomic mass is 16.6. The van der Waals surface area contributed by atoms with Crippen LogP contribution in [0.4, 0.5) is 11.4 Å². The van der Waals surface area contributed by atoms with Crippen LogP contribution < -0.4 is 4.74 Å². The van der Waals surface area contributed by atoms with Gasteiger partial charge < -0.3 is 4.74 Å². The molecule has 0 atom stereocenters. The van der Waals surface area contributed by atoms with Gasteiger partial charge in [0.25, 0.3) is 5.69 Å². The Morgan fingerprint density at radius 1 is 0.840 bits per heavy atom. The van der Waals surface area contributed by atoms with Crippen LogP contribution >= 0.6 is 0 Å². The van der Waals surface area contributed by atoms with Crippen LogP contribution in [-0.2, 0) is 0 Å². The number of rotatable bonds is 14. The molecule has 0 aromatic heterocycles. The molecule has 0 aliphatic heterocycles. The summed E-state index contributed by atoms with van der Waals surface area (Å²) in [6, 6.07) is 3.46. The fourth-order valence-electron chi connectivity index (χ4n) is 2.66. The van der Waals surface area contributed by atoms with E-state index in [2.05, 4.69) is 6.92 Å². The summed E-state index contributed by atoms with van der Waals surface area (Å²) in [6.07, 6.45) is 12.0. The first-order valence-electron chi connectivity index (χ1n) is 9.12. The maximum atomic E-state index is 11.0. The molecule has 0 spiro atoms. The third-order valence-corrected chi connectivity index (χ3v) is 4.11. The van der Waals surface area contributed by atoms with Crippen molar-refractivity contribution in [1.29, 1.82) is 0 Å². The predicted octanol–water partition coefficient (Wildman–Crippen LogP) is 5.80. The highest BCUT2D eigenvalue weighted by Crippen LogP contribution is 2.31. The molecular weight excluding hydrogens is 324 g/mol. The summed E-state index contributed by atoms with van der Waals surface area (Å²) in [5.41, 5.74) is -0.667. The molecule has 25 heavy (non-hydrogen) atoms. The van der Waals surface area contributed by atoms with Crippen molar-refractivity contribution in [3.8, 4) is 5.75 Å². The minimum Gasteiger partial charge on any atom is -0.487 e. The molecule has 0 fully saturated rings. The van der Waals surface area contributed by atoms with Gasteiger partial charge in [-0.15, -0.1) is 0 Å². The Morgan fingerprint density at radius 2 is 1.40 bits per heavy atom. The normalized spacial score (nSPS) is 10.6. The number of nitrogens with zero attached hydrogens (tertiary/aromatic N) is 2. The molecule has 1 aromatic rings. The quantitative estimate of drug-likeness (QED) is 0.239. The highest BCUT2D eigenvalue weighted by Gasteiger charge is 2.20. The van der Waals surface area contributed by atoms with Crippen LogP contribution in [0.5, 0.6) is 5.75 Å². The molecule has 1 aromatic carbocycles. The van der Waals surface area contributed by atoms with Crippen LogP contribution in [0.3, 0.4) is 0 Å². The predicted molar refractivity (Wildman–Crippen MR) is 97.1 cm³/mol. The van der Waals surface area contributed by atoms with Crippen molar-refractivity contribution in [1.82, 2.24) is 0 Å². The smallest absolute Gasteiger partial charge is 0.317 e. The van der Waals surface area contributed by atoms with Crippen LogP contribution in [0.2, 0.25) is 0 Å². The average molecular weight is 352 g/mol. The Bertz CT molecular complexity index is 548. The second-order valence-corrected chi connectivity index (χ2v) is 6.20. The summed E-state index contributed by atoms with van der Waals surface area (Å²) < 4.78 is 5.44. The van der Waals surface area contributed by atoms with E-state index in [4.69, 9.17) is 4.74 Å². The van der Waals surface area contributed by atoms with Crippen molar-refractivity contribution in [3.63, 3.8) is 0 Å². The van der Waals surface area contributed by atoms with Gasteiger partial charge in [0, 0.05) is 6.07 Å². The lowest BCUT2D eigenvalue weighted by atomic mass is 10.1. The largest absolute Gasteiger partial charge is 0.487 e. The van der Waals surface area contributed by atoms with E-state index < -0.39 is 9.85 Å². The van der Waals surface area contributed by atoms with Crippen molar-refractivity contribution in [2.45, 2.75) is 71.1 Å². The van der Waals surface area contributed by atoms with Gasteiger partial charge >= 0.3 is 5.69 Å². The number of hydrogen-bond donors (Lipinski definition) is 0. The first-order chi connectivity index (χ1) is 12.1. The van der Waals surface area contributed by atoms with Crippen LogP contribution in [-0.4, -0.2) is 16.5 Å². The molecule has 0 saturated heterocycles. The number of ether oxygens (including phenoxy) is 1. The van der Waals surface area contributed by atoms with Crippen molar-refractivity contribution < 1.29 is 14.6 Å². The van der Waals surface area contributed by atoms with E-state index in [1.807, 2.05) is 0 Å². The van der Waals surface area contributed by atoms with Gasteiger partial charge in [-0.1, -0.05) is 64.7 Å². The summed E-state index contributed by atoms with van der Waals surface area (Å²) in [7, 11) is 0. The van der Waals surface area contributed by atoms with Crippen molar-refractivity contribution in [2.24, 2.45) is 0 Å². The average Bonchev–Trinajstić information content (AvgIpc) is 2.59. The van der Waals surface area contributed by atoms with Gasteiger partial charge in [0.1, 0.15) is 0 Å². The van der Waals surface area contributed by atoms with Crippen molar-refractivity contribution in [2.75, 3.05) is 6.61 Å². The molecule has 7 nitrogen and oxygen atoms in total. The molecule has 0 aliphatic carbocycles.